The predicted octanol–water partition coefficient (Wildman–Crippen LogP) is 5.89. The van der Waals surface area contributed by atoms with E-state index in [1.165, 1.54) is 11.1 Å². The number of halogens is 1. The first-order valence-corrected chi connectivity index (χ1v) is 9.40. The fraction of sp³-hybridized carbons (Fsp3) is 0.333. The van der Waals surface area contributed by atoms with Gasteiger partial charge in [-0.25, -0.2) is 0 Å². The molecule has 1 heterocycles. The average molecular weight is 385 g/mol. The molecule has 0 bridgehead atoms. The summed E-state index contributed by atoms with van der Waals surface area (Å²) < 4.78 is 6.00. The van der Waals surface area contributed by atoms with Gasteiger partial charge in [-0.3, -0.25) is 0 Å². The molecule has 1 aliphatic heterocycles. The molecule has 0 aromatic heterocycles. The third-order valence-corrected chi connectivity index (χ3v) is 4.81. The van der Waals surface area contributed by atoms with Gasteiger partial charge in [0.15, 0.2) is 0 Å². The summed E-state index contributed by atoms with van der Waals surface area (Å²) in [6.07, 6.45) is 9.90. The number of aryl methyl sites for hydroxylation is 1. The fourth-order valence-electron chi connectivity index (χ4n) is 3.19. The van der Waals surface area contributed by atoms with E-state index in [0.717, 1.165) is 22.6 Å². The molecular weight excluding hydrogens is 356 g/mol. The molecule has 0 unspecified atom stereocenters. The number of hydrogen-bond donors (Lipinski definition) is 1. The van der Waals surface area contributed by atoms with Crippen molar-refractivity contribution < 1.29 is 9.84 Å². The molecule has 0 aliphatic carbocycles. The molecular formula is C24H29ClO2. The molecule has 144 valence electrons. The zero-order valence-electron chi connectivity index (χ0n) is 16.2. The second-order valence-corrected chi connectivity index (χ2v) is 6.98. The van der Waals surface area contributed by atoms with Crippen molar-refractivity contribution in [3.63, 3.8) is 0 Å². The Bertz CT molecular complexity index is 711. The third kappa shape index (κ3) is 6.88. The van der Waals surface area contributed by atoms with E-state index in [1.807, 2.05) is 19.1 Å². The fourth-order valence-corrected chi connectivity index (χ4v) is 3.37. The number of ether oxygens (including phenoxy) is 1. The molecule has 2 aromatic carbocycles. The largest absolute Gasteiger partial charge is 0.393 e. The van der Waals surface area contributed by atoms with Gasteiger partial charge in [-0.1, -0.05) is 53.6 Å². The van der Waals surface area contributed by atoms with Gasteiger partial charge < -0.3 is 9.84 Å². The summed E-state index contributed by atoms with van der Waals surface area (Å²) in [5.74, 6) is 0. The molecule has 1 fully saturated rings. The molecule has 3 rings (SSSR count). The topological polar surface area (TPSA) is 29.5 Å². The number of aliphatic hydroxyl groups excluding tert-OH is 1. The Hall–Kier alpha value is -2.05. The van der Waals surface area contributed by atoms with Gasteiger partial charge in [0.1, 0.15) is 0 Å². The molecule has 0 spiro atoms. The van der Waals surface area contributed by atoms with Crippen LogP contribution in [-0.4, -0.2) is 17.3 Å². The van der Waals surface area contributed by atoms with E-state index in [0.29, 0.717) is 12.8 Å². The van der Waals surface area contributed by atoms with Gasteiger partial charge >= 0.3 is 0 Å². The highest BCUT2D eigenvalue weighted by Gasteiger charge is 2.27. The van der Waals surface area contributed by atoms with E-state index in [2.05, 4.69) is 63.3 Å². The summed E-state index contributed by atoms with van der Waals surface area (Å²) in [7, 11) is 0. The summed E-state index contributed by atoms with van der Waals surface area (Å²) in [4.78, 5) is 0. The van der Waals surface area contributed by atoms with Crippen LogP contribution in [0.5, 0.6) is 0 Å². The monoisotopic (exact) mass is 384 g/mol. The highest BCUT2D eigenvalue weighted by molar-refractivity contribution is 6.31. The summed E-state index contributed by atoms with van der Waals surface area (Å²) in [6, 6.07) is 14.6. The van der Waals surface area contributed by atoms with E-state index >= 15 is 0 Å². The summed E-state index contributed by atoms with van der Waals surface area (Å²) in [6.45, 7) is 10.1. The first-order valence-electron chi connectivity index (χ1n) is 9.02. The Morgan fingerprint density at radius 1 is 1.11 bits per heavy atom. The Labute approximate surface area is 168 Å². The molecule has 1 aliphatic rings. The van der Waals surface area contributed by atoms with Crippen molar-refractivity contribution in [1.29, 1.82) is 0 Å². The van der Waals surface area contributed by atoms with Crippen LogP contribution in [0.25, 0.3) is 0 Å². The van der Waals surface area contributed by atoms with Crippen LogP contribution < -0.4 is 0 Å². The number of terminal acetylenes is 1. The van der Waals surface area contributed by atoms with Crippen LogP contribution in [0.1, 0.15) is 48.1 Å². The molecule has 2 nitrogen and oxygen atoms in total. The molecule has 1 N–H and O–H groups in total. The lowest BCUT2D eigenvalue weighted by molar-refractivity contribution is -0.0895. The van der Waals surface area contributed by atoms with Gasteiger partial charge in [-0.15, -0.1) is 26.0 Å². The Morgan fingerprint density at radius 3 is 2.33 bits per heavy atom. The first kappa shape index (κ1) is 23.0. The first-order chi connectivity index (χ1) is 13.0. The van der Waals surface area contributed by atoms with Crippen molar-refractivity contribution in [2.24, 2.45) is 0 Å². The van der Waals surface area contributed by atoms with Crippen molar-refractivity contribution in [3.05, 3.63) is 82.9 Å². The lowest BCUT2D eigenvalue weighted by Gasteiger charge is -2.31. The summed E-state index contributed by atoms with van der Waals surface area (Å²) >= 11 is 6.38. The van der Waals surface area contributed by atoms with Crippen LogP contribution in [0.3, 0.4) is 0 Å². The van der Waals surface area contributed by atoms with Crippen LogP contribution in [0.15, 0.2) is 55.6 Å². The second kappa shape index (κ2) is 11.6. The van der Waals surface area contributed by atoms with E-state index < -0.39 is 0 Å². The number of aliphatic hydroxyl groups is 1. The van der Waals surface area contributed by atoms with Crippen molar-refractivity contribution in [2.75, 3.05) is 0 Å². The minimum atomic E-state index is -0.292. The number of hydrogen-bond acceptors (Lipinski definition) is 2. The maximum atomic E-state index is 9.99. The molecule has 3 atom stereocenters. The van der Waals surface area contributed by atoms with Crippen molar-refractivity contribution in [1.82, 2.24) is 0 Å². The van der Waals surface area contributed by atoms with Gasteiger partial charge in [-0.2, -0.15) is 0 Å². The van der Waals surface area contributed by atoms with Gasteiger partial charge in [0.05, 0.1) is 18.3 Å². The molecule has 3 heteroatoms. The van der Waals surface area contributed by atoms with Crippen LogP contribution in [-0.2, 0) is 11.2 Å². The van der Waals surface area contributed by atoms with Gasteiger partial charge in [0.2, 0.25) is 0 Å². The number of rotatable bonds is 3. The highest BCUT2D eigenvalue weighted by atomic mass is 35.5. The maximum Gasteiger partial charge on any atom is 0.0853 e. The normalized spacial score (nSPS) is 21.2. The predicted molar refractivity (Wildman–Crippen MR) is 115 cm³/mol. The van der Waals surface area contributed by atoms with Crippen LogP contribution in [0, 0.1) is 19.8 Å². The van der Waals surface area contributed by atoms with E-state index in [9.17, 15) is 5.11 Å². The molecule has 0 saturated carbocycles. The lowest BCUT2D eigenvalue weighted by atomic mass is 9.94. The van der Waals surface area contributed by atoms with E-state index in [-0.39, 0.29) is 18.3 Å². The van der Waals surface area contributed by atoms with Crippen molar-refractivity contribution >= 4 is 11.6 Å². The van der Waals surface area contributed by atoms with Crippen LogP contribution >= 0.6 is 11.6 Å². The molecule has 1 saturated heterocycles. The molecule has 0 radical (unpaired) electrons. The number of benzene rings is 2. The third-order valence-electron chi connectivity index (χ3n) is 4.44. The second-order valence-electron chi connectivity index (χ2n) is 6.57. The maximum absolute atomic E-state index is 9.99. The minimum absolute atomic E-state index is 0.0530. The SMILES string of the molecule is C#C.C=C.Cc1ccc(Cc2cc([C@H]3C[C@@H](O)C[C@@H](C)O3)ccc2Cl)cc1. The average Bonchev–Trinajstić information content (AvgIpc) is 2.68. The Morgan fingerprint density at radius 2 is 1.74 bits per heavy atom. The zero-order chi connectivity index (χ0) is 20.4. The van der Waals surface area contributed by atoms with Gasteiger partial charge in [0, 0.05) is 11.4 Å². The smallest absolute Gasteiger partial charge is 0.0853 e. The minimum Gasteiger partial charge on any atom is -0.393 e. The molecule has 0 amide bonds. The summed E-state index contributed by atoms with van der Waals surface area (Å²) in [5.41, 5.74) is 4.70. The Kier molecular flexibility index (Phi) is 9.89. The highest BCUT2D eigenvalue weighted by Crippen LogP contribution is 2.33. The lowest BCUT2D eigenvalue weighted by Crippen LogP contribution is -2.29. The quantitative estimate of drug-likeness (QED) is 0.528. The van der Waals surface area contributed by atoms with Crippen LogP contribution in [0.4, 0.5) is 0 Å². The van der Waals surface area contributed by atoms with E-state index in [4.69, 9.17) is 16.3 Å². The molecule has 2 aromatic rings. The standard InChI is InChI=1S/C20H23ClO2.C2H4.C2H2/c1-13-3-5-15(6-4-13)10-17-11-16(7-8-19(17)21)20-12-18(22)9-14(2)23-20;2*1-2/h3-8,11,14,18,20,22H,9-10,12H2,1-2H3;1-2H2;1-2H/t14-,18+,20-;;/m1../s1. The molecule has 27 heavy (non-hydrogen) atoms. The van der Waals surface area contributed by atoms with E-state index in [1.54, 1.807) is 0 Å². The van der Waals surface area contributed by atoms with Gasteiger partial charge in [0.25, 0.3) is 0 Å². The van der Waals surface area contributed by atoms with Crippen molar-refractivity contribution in [2.45, 2.75) is 51.4 Å². The van der Waals surface area contributed by atoms with Crippen LogP contribution in [0.2, 0.25) is 5.02 Å². The summed E-state index contributed by atoms with van der Waals surface area (Å²) in [5, 5.41) is 10.8. The zero-order valence-corrected chi connectivity index (χ0v) is 17.0. The van der Waals surface area contributed by atoms with Crippen molar-refractivity contribution in [3.8, 4) is 12.8 Å². The van der Waals surface area contributed by atoms with Gasteiger partial charge in [-0.05, 0) is 49.4 Å². The Balaban J connectivity index is 0.000000855.